The Morgan fingerprint density at radius 3 is 2.55 bits per heavy atom. The minimum absolute atomic E-state index is 0.0669. The van der Waals surface area contributed by atoms with E-state index in [0.717, 1.165) is 35.8 Å². The number of aromatic amines is 1. The Morgan fingerprint density at radius 1 is 1.16 bits per heavy atom. The molecule has 0 bridgehead atoms. The summed E-state index contributed by atoms with van der Waals surface area (Å²) >= 11 is 0. The SMILES string of the molecule is Cc1cc2nc(C3CCN(CC(=O)Nc4ccccc4C(F)(F)F)CC3)[nH]c2cc1C. The van der Waals surface area contributed by atoms with Crippen LogP contribution in [0.1, 0.15) is 41.3 Å². The van der Waals surface area contributed by atoms with E-state index in [0.29, 0.717) is 13.1 Å². The van der Waals surface area contributed by atoms with Gasteiger partial charge in [0.05, 0.1) is 28.8 Å². The Kier molecular flexibility index (Phi) is 5.75. The maximum atomic E-state index is 13.1. The van der Waals surface area contributed by atoms with Crippen molar-refractivity contribution >= 4 is 22.6 Å². The summed E-state index contributed by atoms with van der Waals surface area (Å²) in [4.78, 5) is 22.5. The van der Waals surface area contributed by atoms with Crippen LogP contribution < -0.4 is 5.32 Å². The zero-order valence-corrected chi connectivity index (χ0v) is 17.5. The predicted molar refractivity (Wildman–Crippen MR) is 114 cm³/mol. The average Bonchev–Trinajstić information content (AvgIpc) is 3.11. The molecule has 0 unspecified atom stereocenters. The number of alkyl halides is 3. The molecular weight excluding hydrogens is 405 g/mol. The lowest BCUT2D eigenvalue weighted by Gasteiger charge is -2.30. The summed E-state index contributed by atoms with van der Waals surface area (Å²) in [5.74, 6) is 0.798. The van der Waals surface area contributed by atoms with Crippen molar-refractivity contribution in [2.24, 2.45) is 0 Å². The number of aryl methyl sites for hydroxylation is 2. The van der Waals surface area contributed by atoms with Gasteiger partial charge in [0.1, 0.15) is 5.82 Å². The highest BCUT2D eigenvalue weighted by molar-refractivity contribution is 5.93. The van der Waals surface area contributed by atoms with Crippen LogP contribution in [0.15, 0.2) is 36.4 Å². The standard InChI is InChI=1S/C23H25F3N4O/c1-14-11-19-20(12-15(14)2)29-22(28-19)16-7-9-30(10-8-16)13-21(31)27-18-6-4-3-5-17(18)23(24,25)26/h3-6,11-12,16H,7-10,13H2,1-2H3,(H,27,31)(H,28,29). The van der Waals surface area contributed by atoms with Gasteiger partial charge in [-0.25, -0.2) is 4.98 Å². The van der Waals surface area contributed by atoms with Gasteiger partial charge in [-0.05, 0) is 75.2 Å². The van der Waals surface area contributed by atoms with Gasteiger partial charge in [-0.2, -0.15) is 13.2 Å². The number of nitrogens with zero attached hydrogens (tertiary/aromatic N) is 2. The first kappa shape index (κ1) is 21.4. The second-order valence-corrected chi connectivity index (χ2v) is 8.22. The minimum atomic E-state index is -4.51. The van der Waals surface area contributed by atoms with Gasteiger partial charge in [0.25, 0.3) is 0 Å². The number of para-hydroxylation sites is 1. The van der Waals surface area contributed by atoms with E-state index in [2.05, 4.69) is 36.3 Å². The van der Waals surface area contributed by atoms with E-state index in [4.69, 9.17) is 4.98 Å². The Bertz CT molecular complexity index is 1060. The average molecular weight is 430 g/mol. The molecule has 164 valence electrons. The number of H-pyrrole nitrogens is 1. The van der Waals surface area contributed by atoms with Crippen LogP contribution in [0.3, 0.4) is 0 Å². The fraction of sp³-hybridized carbons (Fsp3) is 0.391. The summed E-state index contributed by atoms with van der Waals surface area (Å²) in [5, 5.41) is 2.42. The smallest absolute Gasteiger partial charge is 0.342 e. The topological polar surface area (TPSA) is 61.0 Å². The van der Waals surface area contributed by atoms with E-state index >= 15 is 0 Å². The fourth-order valence-electron chi connectivity index (χ4n) is 4.08. The molecular formula is C23H25F3N4O. The van der Waals surface area contributed by atoms with Crippen molar-refractivity contribution in [2.75, 3.05) is 25.0 Å². The first-order valence-corrected chi connectivity index (χ1v) is 10.4. The zero-order valence-electron chi connectivity index (χ0n) is 17.5. The van der Waals surface area contributed by atoms with Gasteiger partial charge < -0.3 is 10.3 Å². The van der Waals surface area contributed by atoms with Crippen LogP contribution in [0.2, 0.25) is 0 Å². The third kappa shape index (κ3) is 4.74. The molecule has 0 aliphatic carbocycles. The Labute approximate surface area is 178 Å². The van der Waals surface area contributed by atoms with Gasteiger partial charge in [0, 0.05) is 5.92 Å². The second kappa shape index (κ2) is 8.34. The summed E-state index contributed by atoms with van der Waals surface area (Å²) in [6.45, 7) is 5.59. The Morgan fingerprint density at radius 2 is 1.84 bits per heavy atom. The molecule has 0 atom stereocenters. The van der Waals surface area contributed by atoms with Crippen LogP contribution in [-0.2, 0) is 11.0 Å². The zero-order chi connectivity index (χ0) is 22.2. The Balaban J connectivity index is 1.35. The largest absolute Gasteiger partial charge is 0.418 e. The molecule has 3 aromatic rings. The number of anilines is 1. The van der Waals surface area contributed by atoms with E-state index in [1.807, 2.05) is 4.90 Å². The highest BCUT2D eigenvalue weighted by Gasteiger charge is 2.33. The molecule has 0 spiro atoms. The van der Waals surface area contributed by atoms with E-state index < -0.39 is 17.6 Å². The molecule has 2 heterocycles. The first-order valence-electron chi connectivity index (χ1n) is 10.4. The van der Waals surface area contributed by atoms with Gasteiger partial charge >= 0.3 is 6.18 Å². The van der Waals surface area contributed by atoms with Crippen molar-refractivity contribution in [3.05, 3.63) is 58.9 Å². The van der Waals surface area contributed by atoms with Crippen LogP contribution in [0.5, 0.6) is 0 Å². The maximum Gasteiger partial charge on any atom is 0.418 e. The molecule has 1 aliphatic rings. The lowest BCUT2D eigenvalue weighted by Crippen LogP contribution is -2.39. The molecule has 8 heteroatoms. The Hall–Kier alpha value is -2.87. The summed E-state index contributed by atoms with van der Waals surface area (Å²) in [7, 11) is 0. The van der Waals surface area contributed by atoms with E-state index in [1.165, 1.54) is 29.3 Å². The number of hydrogen-bond acceptors (Lipinski definition) is 3. The molecule has 1 saturated heterocycles. The molecule has 1 amide bonds. The normalized spacial score (nSPS) is 16.0. The monoisotopic (exact) mass is 430 g/mol. The van der Waals surface area contributed by atoms with Crippen molar-refractivity contribution in [1.29, 1.82) is 0 Å². The molecule has 1 fully saturated rings. The van der Waals surface area contributed by atoms with Gasteiger partial charge in [-0.3, -0.25) is 9.69 Å². The highest BCUT2D eigenvalue weighted by atomic mass is 19.4. The van der Waals surface area contributed by atoms with Gasteiger partial charge in [-0.15, -0.1) is 0 Å². The number of carbonyl (C=O) groups excluding carboxylic acids is 1. The van der Waals surface area contributed by atoms with Crippen LogP contribution in [0, 0.1) is 13.8 Å². The lowest BCUT2D eigenvalue weighted by atomic mass is 9.96. The number of benzene rings is 2. The number of fused-ring (bicyclic) bond motifs is 1. The van der Waals surface area contributed by atoms with Crippen LogP contribution in [0.4, 0.5) is 18.9 Å². The molecule has 0 saturated carbocycles. The van der Waals surface area contributed by atoms with E-state index in [-0.39, 0.29) is 18.2 Å². The number of hydrogen-bond donors (Lipinski definition) is 2. The molecule has 2 aromatic carbocycles. The number of halogens is 3. The number of likely N-dealkylation sites (tertiary alicyclic amines) is 1. The second-order valence-electron chi connectivity index (χ2n) is 8.22. The molecule has 4 rings (SSSR count). The molecule has 1 aliphatic heterocycles. The molecule has 0 radical (unpaired) electrons. The number of imidazole rings is 1. The quantitative estimate of drug-likeness (QED) is 0.611. The lowest BCUT2D eigenvalue weighted by molar-refractivity contribution is -0.137. The first-order chi connectivity index (χ1) is 14.7. The van der Waals surface area contributed by atoms with Crippen molar-refractivity contribution in [3.63, 3.8) is 0 Å². The molecule has 5 nitrogen and oxygen atoms in total. The number of nitrogens with one attached hydrogen (secondary N) is 2. The molecule has 2 N–H and O–H groups in total. The highest BCUT2D eigenvalue weighted by Crippen LogP contribution is 2.34. The maximum absolute atomic E-state index is 13.1. The number of rotatable bonds is 4. The van der Waals surface area contributed by atoms with E-state index in [9.17, 15) is 18.0 Å². The van der Waals surface area contributed by atoms with Crippen molar-refractivity contribution < 1.29 is 18.0 Å². The molecule has 1 aromatic heterocycles. The predicted octanol–water partition coefficient (Wildman–Crippen LogP) is 5.02. The van der Waals surface area contributed by atoms with Crippen molar-refractivity contribution in [2.45, 2.75) is 38.8 Å². The van der Waals surface area contributed by atoms with Crippen LogP contribution in [-0.4, -0.2) is 40.4 Å². The number of amides is 1. The fourth-order valence-corrected chi connectivity index (χ4v) is 4.08. The van der Waals surface area contributed by atoms with Crippen LogP contribution >= 0.6 is 0 Å². The molecule has 31 heavy (non-hydrogen) atoms. The third-order valence-electron chi connectivity index (χ3n) is 5.96. The van der Waals surface area contributed by atoms with Gasteiger partial charge in [-0.1, -0.05) is 12.1 Å². The minimum Gasteiger partial charge on any atom is -0.342 e. The van der Waals surface area contributed by atoms with Gasteiger partial charge in [0.2, 0.25) is 5.91 Å². The summed E-state index contributed by atoms with van der Waals surface area (Å²) in [6.07, 6.45) is -2.83. The summed E-state index contributed by atoms with van der Waals surface area (Å²) in [5.41, 5.74) is 3.38. The van der Waals surface area contributed by atoms with Gasteiger partial charge in [0.15, 0.2) is 0 Å². The number of carbonyl (C=O) groups is 1. The summed E-state index contributed by atoms with van der Waals surface area (Å²) in [6, 6.07) is 9.23. The van der Waals surface area contributed by atoms with Crippen molar-refractivity contribution in [3.8, 4) is 0 Å². The number of aromatic nitrogens is 2. The third-order valence-corrected chi connectivity index (χ3v) is 5.96. The number of piperidine rings is 1. The van der Waals surface area contributed by atoms with E-state index in [1.54, 1.807) is 0 Å². The van der Waals surface area contributed by atoms with Crippen LogP contribution in [0.25, 0.3) is 11.0 Å². The van der Waals surface area contributed by atoms with Crippen molar-refractivity contribution in [1.82, 2.24) is 14.9 Å². The summed E-state index contributed by atoms with van der Waals surface area (Å²) < 4.78 is 39.3.